The van der Waals surface area contributed by atoms with Gasteiger partial charge in [-0.3, -0.25) is 0 Å². The van der Waals surface area contributed by atoms with E-state index in [9.17, 15) is 9.65 Å². The highest BCUT2D eigenvalue weighted by Gasteiger charge is 2.37. The van der Waals surface area contributed by atoms with Crippen LogP contribution in [0.1, 0.15) is 22.7 Å². The van der Waals surface area contributed by atoms with Gasteiger partial charge in [0.1, 0.15) is 23.2 Å². The minimum absolute atomic E-state index is 0.0701. The monoisotopic (exact) mass is 376 g/mol. The smallest absolute Gasteiger partial charge is 0.229 e. The van der Waals surface area contributed by atoms with E-state index in [0.717, 1.165) is 5.69 Å². The second-order valence-corrected chi connectivity index (χ2v) is 6.36. The minimum atomic E-state index is -0.749. The fraction of sp³-hybridized carbons (Fsp3) is 0.143. The molecule has 28 heavy (non-hydrogen) atoms. The van der Waals surface area contributed by atoms with E-state index < -0.39 is 11.7 Å². The van der Waals surface area contributed by atoms with Crippen molar-refractivity contribution in [3.63, 3.8) is 0 Å². The van der Waals surface area contributed by atoms with E-state index in [1.807, 2.05) is 30.3 Å². The highest BCUT2D eigenvalue weighted by Crippen LogP contribution is 2.45. The first-order valence-electron chi connectivity index (χ1n) is 8.61. The maximum atomic E-state index is 14.8. The van der Waals surface area contributed by atoms with Gasteiger partial charge in [-0.1, -0.05) is 18.2 Å². The van der Waals surface area contributed by atoms with Crippen molar-refractivity contribution in [1.29, 1.82) is 5.26 Å². The molecule has 2 N–H and O–H groups in total. The molecule has 7 heteroatoms. The van der Waals surface area contributed by atoms with Gasteiger partial charge < -0.3 is 15.2 Å². The molecule has 0 amide bonds. The van der Waals surface area contributed by atoms with Gasteiger partial charge >= 0.3 is 0 Å². The number of halogens is 1. The summed E-state index contributed by atoms with van der Waals surface area (Å²) in [6, 6.07) is 15.9. The number of para-hydroxylation sites is 1. The molecule has 2 aromatic carbocycles. The fourth-order valence-electron chi connectivity index (χ4n) is 3.44. The van der Waals surface area contributed by atoms with E-state index in [1.54, 1.807) is 17.7 Å². The number of nitrogens with two attached hydrogens (primary N) is 1. The van der Waals surface area contributed by atoms with Gasteiger partial charge in [0.05, 0.1) is 30.0 Å². The van der Waals surface area contributed by atoms with Crippen LogP contribution in [0.2, 0.25) is 0 Å². The number of hydrogen-bond acceptors (Lipinski definition) is 5. The average Bonchev–Trinajstić information content (AvgIpc) is 3.04. The van der Waals surface area contributed by atoms with Crippen LogP contribution in [-0.2, 0) is 0 Å². The largest absolute Gasteiger partial charge is 0.497 e. The number of aromatic nitrogens is 2. The van der Waals surface area contributed by atoms with Crippen molar-refractivity contribution in [2.24, 2.45) is 5.73 Å². The van der Waals surface area contributed by atoms with E-state index in [1.165, 1.54) is 19.2 Å². The Morgan fingerprint density at radius 2 is 2.00 bits per heavy atom. The number of hydrogen-bond donors (Lipinski definition) is 1. The predicted molar refractivity (Wildman–Crippen MR) is 101 cm³/mol. The minimum Gasteiger partial charge on any atom is -0.497 e. The molecule has 0 fully saturated rings. The van der Waals surface area contributed by atoms with Gasteiger partial charge in [0, 0.05) is 5.56 Å². The molecule has 1 aromatic heterocycles. The van der Waals surface area contributed by atoms with Crippen molar-refractivity contribution in [1.82, 2.24) is 9.78 Å². The average molecular weight is 376 g/mol. The molecule has 140 valence electrons. The van der Waals surface area contributed by atoms with Gasteiger partial charge in [-0.25, -0.2) is 9.07 Å². The maximum absolute atomic E-state index is 14.8. The molecule has 0 bridgehead atoms. The lowest BCUT2D eigenvalue weighted by Crippen LogP contribution is -2.22. The molecule has 1 unspecified atom stereocenters. The zero-order chi connectivity index (χ0) is 19.8. The van der Waals surface area contributed by atoms with E-state index in [4.69, 9.17) is 15.2 Å². The summed E-state index contributed by atoms with van der Waals surface area (Å²) >= 11 is 0. The Morgan fingerprint density at radius 3 is 2.68 bits per heavy atom. The number of ether oxygens (including phenoxy) is 2. The Kier molecular flexibility index (Phi) is 4.24. The summed E-state index contributed by atoms with van der Waals surface area (Å²) in [5.41, 5.74) is 8.44. The van der Waals surface area contributed by atoms with Crippen LogP contribution in [0.25, 0.3) is 5.69 Å². The van der Waals surface area contributed by atoms with E-state index in [0.29, 0.717) is 22.9 Å². The first-order chi connectivity index (χ1) is 13.5. The molecule has 1 aliphatic rings. The second-order valence-electron chi connectivity index (χ2n) is 6.36. The van der Waals surface area contributed by atoms with Crippen LogP contribution in [0.5, 0.6) is 11.6 Å². The molecule has 0 saturated heterocycles. The first-order valence-corrected chi connectivity index (χ1v) is 8.61. The Labute approximate surface area is 161 Å². The van der Waals surface area contributed by atoms with Crippen molar-refractivity contribution in [3.8, 4) is 23.4 Å². The van der Waals surface area contributed by atoms with Gasteiger partial charge in [-0.2, -0.15) is 10.4 Å². The zero-order valence-electron chi connectivity index (χ0n) is 15.3. The second kappa shape index (κ2) is 6.74. The standard InChI is InChI=1S/C21H17FN4O2/c1-12-18-19(15-10-14(27-2)8-9-17(15)22)16(11-23)20(24)28-21(18)26(25-12)13-6-4-3-5-7-13/h3-10,19H,24H2,1-2H3. The summed E-state index contributed by atoms with van der Waals surface area (Å²) in [5, 5.41) is 14.3. The van der Waals surface area contributed by atoms with Crippen LogP contribution in [-0.4, -0.2) is 16.9 Å². The van der Waals surface area contributed by atoms with Gasteiger partial charge in [0.25, 0.3) is 0 Å². The summed E-state index contributed by atoms with van der Waals surface area (Å²) in [5.74, 6) is -0.437. The Bertz CT molecular complexity index is 1130. The molecule has 4 rings (SSSR count). The molecular formula is C21H17FN4O2. The molecule has 3 aromatic rings. The molecule has 0 aliphatic carbocycles. The third-order valence-electron chi connectivity index (χ3n) is 4.75. The van der Waals surface area contributed by atoms with Gasteiger partial charge in [-0.05, 0) is 37.3 Å². The topological polar surface area (TPSA) is 86.1 Å². The van der Waals surface area contributed by atoms with Crippen molar-refractivity contribution >= 4 is 0 Å². The fourth-order valence-corrected chi connectivity index (χ4v) is 3.44. The lowest BCUT2D eigenvalue weighted by molar-refractivity contribution is 0.365. The Balaban J connectivity index is 1.99. The number of aryl methyl sites for hydroxylation is 1. The summed E-state index contributed by atoms with van der Waals surface area (Å²) in [6.45, 7) is 1.79. The lowest BCUT2D eigenvalue weighted by Gasteiger charge is -2.25. The molecule has 2 heterocycles. The van der Waals surface area contributed by atoms with Crippen molar-refractivity contribution in [3.05, 3.63) is 82.6 Å². The highest BCUT2D eigenvalue weighted by molar-refractivity contribution is 5.58. The molecular weight excluding hydrogens is 359 g/mol. The Hall–Kier alpha value is -3.79. The van der Waals surface area contributed by atoms with Crippen LogP contribution in [0.4, 0.5) is 4.39 Å². The third-order valence-corrected chi connectivity index (χ3v) is 4.75. The zero-order valence-corrected chi connectivity index (χ0v) is 15.3. The van der Waals surface area contributed by atoms with Crippen LogP contribution < -0.4 is 15.2 Å². The number of fused-ring (bicyclic) bond motifs is 1. The molecule has 6 nitrogen and oxygen atoms in total. The normalized spacial score (nSPS) is 15.6. The van der Waals surface area contributed by atoms with E-state index >= 15 is 0 Å². The van der Waals surface area contributed by atoms with E-state index in [2.05, 4.69) is 11.2 Å². The van der Waals surface area contributed by atoms with Crippen molar-refractivity contribution < 1.29 is 13.9 Å². The number of benzene rings is 2. The number of nitriles is 1. The number of rotatable bonds is 3. The quantitative estimate of drug-likeness (QED) is 0.755. The number of nitrogens with zero attached hydrogens (tertiary/aromatic N) is 3. The lowest BCUT2D eigenvalue weighted by atomic mass is 9.84. The van der Waals surface area contributed by atoms with Crippen LogP contribution in [0.15, 0.2) is 60.0 Å². The summed E-state index contributed by atoms with van der Waals surface area (Å²) in [6.07, 6.45) is 0. The molecule has 1 atom stereocenters. The van der Waals surface area contributed by atoms with Crippen molar-refractivity contribution in [2.45, 2.75) is 12.8 Å². The maximum Gasteiger partial charge on any atom is 0.229 e. The summed E-state index contributed by atoms with van der Waals surface area (Å²) in [7, 11) is 1.50. The van der Waals surface area contributed by atoms with Crippen LogP contribution in [0.3, 0.4) is 0 Å². The SMILES string of the molecule is COc1ccc(F)c(C2C(C#N)=C(N)Oc3c2c(C)nn3-c2ccccc2)c1. The summed E-state index contributed by atoms with van der Waals surface area (Å²) < 4.78 is 27.4. The van der Waals surface area contributed by atoms with Gasteiger partial charge in [-0.15, -0.1) is 0 Å². The van der Waals surface area contributed by atoms with E-state index in [-0.39, 0.29) is 17.0 Å². The summed E-state index contributed by atoms with van der Waals surface area (Å²) in [4.78, 5) is 0. The molecule has 1 aliphatic heterocycles. The Morgan fingerprint density at radius 1 is 1.25 bits per heavy atom. The predicted octanol–water partition coefficient (Wildman–Crippen LogP) is 3.55. The molecule has 0 saturated carbocycles. The van der Waals surface area contributed by atoms with Gasteiger partial charge in [0.15, 0.2) is 0 Å². The first kappa shape index (κ1) is 17.6. The van der Waals surface area contributed by atoms with Crippen molar-refractivity contribution in [2.75, 3.05) is 7.11 Å². The van der Waals surface area contributed by atoms with Crippen LogP contribution >= 0.6 is 0 Å². The molecule has 0 spiro atoms. The molecule has 0 radical (unpaired) electrons. The van der Waals surface area contributed by atoms with Gasteiger partial charge in [0.2, 0.25) is 11.8 Å². The third kappa shape index (κ3) is 2.67. The number of allylic oxidation sites excluding steroid dienone is 1. The van der Waals surface area contributed by atoms with Crippen LogP contribution in [0, 0.1) is 24.1 Å². The number of methoxy groups -OCH3 is 1. The highest BCUT2D eigenvalue weighted by atomic mass is 19.1.